The number of hydrogen-bond donors (Lipinski definition) is 2. The quantitative estimate of drug-likeness (QED) is 0.577. The van der Waals surface area contributed by atoms with E-state index in [1.807, 2.05) is 26.1 Å². The van der Waals surface area contributed by atoms with Crippen molar-refractivity contribution in [3.8, 4) is 10.4 Å². The molecule has 0 bridgehead atoms. The van der Waals surface area contributed by atoms with Crippen LogP contribution in [0.25, 0.3) is 10.4 Å². The number of likely N-dealkylation sites (N-methyl/N-ethyl adjacent to an activating group) is 1. The highest BCUT2D eigenvalue weighted by atomic mass is 35.5. The molecule has 2 N–H and O–H groups in total. The highest BCUT2D eigenvalue weighted by molar-refractivity contribution is 7.87. The highest BCUT2D eigenvalue weighted by Crippen LogP contribution is 2.37. The Kier molecular flexibility index (Phi) is 6.12. The van der Waals surface area contributed by atoms with E-state index in [2.05, 4.69) is 15.1 Å². The molecule has 1 aliphatic heterocycles. The number of benzene rings is 1. The Morgan fingerprint density at radius 3 is 2.72 bits per heavy atom. The lowest BCUT2D eigenvalue weighted by Crippen LogP contribution is -2.55. The minimum atomic E-state index is -3.89. The molecule has 0 saturated carbocycles. The Morgan fingerprint density at radius 1 is 1.31 bits per heavy atom. The fraction of sp³-hybridized carbons (Fsp3) is 0.300. The lowest BCUT2D eigenvalue weighted by Gasteiger charge is -2.35. The van der Waals surface area contributed by atoms with Gasteiger partial charge in [0.25, 0.3) is 10.2 Å². The predicted molar refractivity (Wildman–Crippen MR) is 122 cm³/mol. The molecule has 3 aromatic rings. The Bertz CT molecular complexity index is 1290. The summed E-state index contributed by atoms with van der Waals surface area (Å²) < 4.78 is 44.3. The van der Waals surface area contributed by atoms with Crippen molar-refractivity contribution >= 4 is 44.7 Å². The fourth-order valence-electron chi connectivity index (χ4n) is 3.52. The minimum absolute atomic E-state index is 0.135. The zero-order valence-corrected chi connectivity index (χ0v) is 19.9. The third-order valence-corrected chi connectivity index (χ3v) is 8.65. The second kappa shape index (κ2) is 8.56. The van der Waals surface area contributed by atoms with Gasteiger partial charge in [0, 0.05) is 40.8 Å². The number of carbonyl (C=O) groups excluding carboxylic acids is 1. The van der Waals surface area contributed by atoms with Gasteiger partial charge in [0.15, 0.2) is 0 Å². The van der Waals surface area contributed by atoms with E-state index in [0.29, 0.717) is 0 Å². The Hall–Kier alpha value is -2.31. The van der Waals surface area contributed by atoms with Crippen molar-refractivity contribution in [1.82, 2.24) is 18.8 Å². The molecular weight excluding hydrogens is 477 g/mol. The molecule has 1 aromatic carbocycles. The first-order valence-corrected chi connectivity index (χ1v) is 12.3. The van der Waals surface area contributed by atoms with Crippen LogP contribution in [0.15, 0.2) is 36.5 Å². The van der Waals surface area contributed by atoms with Gasteiger partial charge in [-0.3, -0.25) is 9.48 Å². The number of aromatic nitrogens is 2. The van der Waals surface area contributed by atoms with Gasteiger partial charge >= 0.3 is 0 Å². The second-order valence-electron chi connectivity index (χ2n) is 7.53. The highest BCUT2D eigenvalue weighted by Gasteiger charge is 2.41. The lowest BCUT2D eigenvalue weighted by molar-refractivity contribution is -0.120. The van der Waals surface area contributed by atoms with Crippen molar-refractivity contribution in [1.29, 1.82) is 0 Å². The number of thiophene rings is 1. The van der Waals surface area contributed by atoms with Gasteiger partial charge in [-0.1, -0.05) is 11.6 Å². The van der Waals surface area contributed by atoms with Gasteiger partial charge in [-0.15, -0.1) is 11.3 Å². The van der Waals surface area contributed by atoms with Crippen molar-refractivity contribution in [3.63, 3.8) is 0 Å². The fourth-order valence-corrected chi connectivity index (χ4v) is 6.18. The zero-order chi connectivity index (χ0) is 23.2. The molecular formula is C20H21ClFN5O3S2. The van der Waals surface area contributed by atoms with Crippen molar-refractivity contribution in [2.24, 2.45) is 7.05 Å². The van der Waals surface area contributed by atoms with Crippen LogP contribution in [0.3, 0.4) is 0 Å². The van der Waals surface area contributed by atoms with Crippen LogP contribution in [0.4, 0.5) is 10.1 Å². The number of anilines is 1. The van der Waals surface area contributed by atoms with Crippen LogP contribution in [0, 0.1) is 12.7 Å². The molecule has 0 radical (unpaired) electrons. The average Bonchev–Trinajstić information content (AvgIpc) is 3.34. The van der Waals surface area contributed by atoms with Gasteiger partial charge in [-0.2, -0.15) is 22.5 Å². The van der Waals surface area contributed by atoms with E-state index in [-0.39, 0.29) is 17.1 Å². The van der Waals surface area contributed by atoms with Gasteiger partial charge in [0.1, 0.15) is 11.9 Å². The normalized spacial score (nSPS) is 20.9. The summed E-state index contributed by atoms with van der Waals surface area (Å²) in [5, 5.41) is 6.75. The van der Waals surface area contributed by atoms with E-state index < -0.39 is 34.0 Å². The van der Waals surface area contributed by atoms with Crippen LogP contribution in [-0.4, -0.2) is 41.5 Å². The van der Waals surface area contributed by atoms with Gasteiger partial charge < -0.3 is 5.32 Å². The van der Waals surface area contributed by atoms with Crippen LogP contribution >= 0.6 is 22.9 Å². The topological polar surface area (TPSA) is 96.3 Å². The van der Waals surface area contributed by atoms with E-state index in [0.717, 1.165) is 31.4 Å². The summed E-state index contributed by atoms with van der Waals surface area (Å²) in [6.07, 6.45) is 2.00. The number of halogens is 2. The summed E-state index contributed by atoms with van der Waals surface area (Å²) in [5.41, 5.74) is 2.26. The zero-order valence-electron chi connectivity index (χ0n) is 17.5. The summed E-state index contributed by atoms with van der Waals surface area (Å²) in [6.45, 7) is 1.96. The van der Waals surface area contributed by atoms with E-state index in [9.17, 15) is 17.6 Å². The SMILES string of the molecule is Cc1c(-c2ccc([C@@H]3C[C@H](C(=O)Nc4ccc(F)c(Cl)c4)N(C)S(=O)(=O)N3)s2)cnn1C. The molecule has 2 aromatic heterocycles. The van der Waals surface area contributed by atoms with E-state index >= 15 is 0 Å². The van der Waals surface area contributed by atoms with Crippen molar-refractivity contribution in [2.75, 3.05) is 12.4 Å². The second-order valence-corrected chi connectivity index (χ2v) is 10.8. The summed E-state index contributed by atoms with van der Waals surface area (Å²) in [4.78, 5) is 14.7. The molecule has 12 heteroatoms. The summed E-state index contributed by atoms with van der Waals surface area (Å²) in [5.74, 6) is -1.13. The van der Waals surface area contributed by atoms with Crippen molar-refractivity contribution in [3.05, 3.63) is 57.9 Å². The Labute approximate surface area is 194 Å². The van der Waals surface area contributed by atoms with E-state index in [1.165, 1.54) is 30.5 Å². The molecule has 1 saturated heterocycles. The maximum atomic E-state index is 13.4. The standard InChI is InChI=1S/C20H21ClFN5O3S2/c1-11-13(10-23-26(11)2)18-6-7-19(31-18)16-9-17(27(3)32(29,30)25-16)20(28)24-12-4-5-15(22)14(21)8-12/h4-8,10,16-17,25H,9H2,1-3H3,(H,24,28)/t16-,17+/m0/s1. The monoisotopic (exact) mass is 497 g/mol. The third-order valence-electron chi connectivity index (χ3n) is 5.53. The number of aryl methyl sites for hydroxylation is 1. The molecule has 2 atom stereocenters. The van der Waals surface area contributed by atoms with Crippen molar-refractivity contribution < 1.29 is 17.6 Å². The number of amides is 1. The molecule has 170 valence electrons. The smallest absolute Gasteiger partial charge is 0.280 e. The Morgan fingerprint density at radius 2 is 2.06 bits per heavy atom. The summed E-state index contributed by atoms with van der Waals surface area (Å²) in [6, 6.07) is 6.04. The van der Waals surface area contributed by atoms with Crippen LogP contribution in [0.1, 0.15) is 23.0 Å². The first kappa shape index (κ1) is 22.9. The summed E-state index contributed by atoms with van der Waals surface area (Å²) in [7, 11) is -0.689. The van der Waals surface area contributed by atoms with Crippen LogP contribution in [-0.2, 0) is 22.1 Å². The molecule has 0 unspecified atom stereocenters. The predicted octanol–water partition coefficient (Wildman–Crippen LogP) is 3.47. The molecule has 0 spiro atoms. The number of hydrogen-bond acceptors (Lipinski definition) is 5. The number of rotatable bonds is 4. The first-order valence-electron chi connectivity index (χ1n) is 9.66. The van der Waals surface area contributed by atoms with Crippen LogP contribution in [0.2, 0.25) is 5.02 Å². The molecule has 32 heavy (non-hydrogen) atoms. The minimum Gasteiger partial charge on any atom is -0.325 e. The van der Waals surface area contributed by atoms with E-state index in [4.69, 9.17) is 11.6 Å². The molecule has 1 aliphatic rings. The largest absolute Gasteiger partial charge is 0.325 e. The number of nitrogens with one attached hydrogen (secondary N) is 2. The molecule has 0 aliphatic carbocycles. The maximum absolute atomic E-state index is 13.4. The molecule has 1 fully saturated rings. The van der Waals surface area contributed by atoms with Crippen LogP contribution < -0.4 is 10.0 Å². The van der Waals surface area contributed by atoms with Gasteiger partial charge in [0.05, 0.1) is 17.3 Å². The van der Waals surface area contributed by atoms with Crippen LogP contribution in [0.5, 0.6) is 0 Å². The molecule has 3 heterocycles. The van der Waals surface area contributed by atoms with Gasteiger partial charge in [-0.25, -0.2) is 4.39 Å². The van der Waals surface area contributed by atoms with Crippen molar-refractivity contribution in [2.45, 2.75) is 25.4 Å². The van der Waals surface area contributed by atoms with Gasteiger partial charge in [-0.05, 0) is 43.7 Å². The number of nitrogens with zero attached hydrogens (tertiary/aromatic N) is 3. The third kappa shape index (κ3) is 4.30. The molecule has 1 amide bonds. The first-order chi connectivity index (χ1) is 15.1. The van der Waals surface area contributed by atoms with Gasteiger partial charge in [0.2, 0.25) is 5.91 Å². The summed E-state index contributed by atoms with van der Waals surface area (Å²) >= 11 is 7.23. The Balaban J connectivity index is 1.58. The average molecular weight is 498 g/mol. The maximum Gasteiger partial charge on any atom is 0.280 e. The lowest BCUT2D eigenvalue weighted by atomic mass is 10.1. The molecule has 8 nitrogen and oxygen atoms in total. The number of carbonyl (C=O) groups is 1. The molecule has 4 rings (SSSR count). The van der Waals surface area contributed by atoms with E-state index in [1.54, 1.807) is 10.9 Å².